The monoisotopic (exact) mass is 311 g/mol. The molecule has 1 heterocycles. The molecule has 1 N–H and O–H groups in total. The van der Waals surface area contributed by atoms with Gasteiger partial charge in [0.15, 0.2) is 0 Å². The maximum atomic E-state index is 13.3. The van der Waals surface area contributed by atoms with Gasteiger partial charge in [-0.25, -0.2) is 4.39 Å². The van der Waals surface area contributed by atoms with Crippen LogP contribution in [0.5, 0.6) is 0 Å². The van der Waals surface area contributed by atoms with Gasteiger partial charge in [-0.1, -0.05) is 15.9 Å². The SMILES string of the molecule is CNC(Cc1cc(F)ccc1Br)c1occc1C. The molecule has 18 heavy (non-hydrogen) atoms. The maximum absolute atomic E-state index is 13.3. The summed E-state index contributed by atoms with van der Waals surface area (Å²) in [6, 6.07) is 6.69. The van der Waals surface area contributed by atoms with E-state index in [2.05, 4.69) is 21.2 Å². The summed E-state index contributed by atoms with van der Waals surface area (Å²) in [6.45, 7) is 2.00. The van der Waals surface area contributed by atoms with Crippen LogP contribution >= 0.6 is 15.9 Å². The minimum atomic E-state index is -0.223. The predicted molar refractivity (Wildman–Crippen MR) is 73.0 cm³/mol. The second-order valence-corrected chi connectivity index (χ2v) is 5.10. The number of aryl methyl sites for hydroxylation is 1. The first kappa shape index (κ1) is 13.3. The van der Waals surface area contributed by atoms with Gasteiger partial charge in [-0.15, -0.1) is 0 Å². The molecule has 1 unspecified atom stereocenters. The summed E-state index contributed by atoms with van der Waals surface area (Å²) in [7, 11) is 1.87. The van der Waals surface area contributed by atoms with Crippen molar-refractivity contribution in [1.29, 1.82) is 0 Å². The number of rotatable bonds is 4. The van der Waals surface area contributed by atoms with E-state index < -0.39 is 0 Å². The lowest BCUT2D eigenvalue weighted by Crippen LogP contribution is -2.19. The number of nitrogens with one attached hydrogen (secondary N) is 1. The predicted octanol–water partition coefficient (Wildman–Crippen LogP) is 3.99. The van der Waals surface area contributed by atoms with Crippen molar-refractivity contribution in [3.63, 3.8) is 0 Å². The number of hydrogen-bond acceptors (Lipinski definition) is 2. The molecule has 0 saturated heterocycles. The van der Waals surface area contributed by atoms with Crippen molar-refractivity contribution in [2.24, 2.45) is 0 Å². The molecule has 2 rings (SSSR count). The van der Waals surface area contributed by atoms with Crippen LogP contribution in [0.25, 0.3) is 0 Å². The molecule has 96 valence electrons. The van der Waals surface area contributed by atoms with E-state index in [0.29, 0.717) is 6.42 Å². The molecule has 0 bridgehead atoms. The van der Waals surface area contributed by atoms with Crippen LogP contribution in [0.2, 0.25) is 0 Å². The van der Waals surface area contributed by atoms with Gasteiger partial charge in [-0.2, -0.15) is 0 Å². The average Bonchev–Trinajstić information content (AvgIpc) is 2.77. The highest BCUT2D eigenvalue weighted by Gasteiger charge is 2.17. The third kappa shape index (κ3) is 2.82. The molecular weight excluding hydrogens is 297 g/mol. The fourth-order valence-electron chi connectivity index (χ4n) is 1.99. The molecule has 4 heteroatoms. The first-order chi connectivity index (χ1) is 8.61. The Morgan fingerprint density at radius 3 is 2.78 bits per heavy atom. The number of benzene rings is 1. The number of halogens is 2. The van der Waals surface area contributed by atoms with Crippen molar-refractivity contribution >= 4 is 15.9 Å². The first-order valence-electron chi connectivity index (χ1n) is 5.77. The van der Waals surface area contributed by atoms with Gasteiger partial charge < -0.3 is 9.73 Å². The normalized spacial score (nSPS) is 12.7. The minimum Gasteiger partial charge on any atom is -0.467 e. The Morgan fingerprint density at radius 2 is 2.17 bits per heavy atom. The Bertz CT molecular complexity index is 538. The maximum Gasteiger partial charge on any atom is 0.123 e. The summed E-state index contributed by atoms with van der Waals surface area (Å²) < 4.78 is 19.7. The summed E-state index contributed by atoms with van der Waals surface area (Å²) in [6.07, 6.45) is 2.35. The number of hydrogen-bond donors (Lipinski definition) is 1. The van der Waals surface area contributed by atoms with Crippen LogP contribution in [0.3, 0.4) is 0 Å². The van der Waals surface area contributed by atoms with Crippen molar-refractivity contribution < 1.29 is 8.81 Å². The summed E-state index contributed by atoms with van der Waals surface area (Å²) >= 11 is 3.44. The third-order valence-corrected chi connectivity index (χ3v) is 3.77. The Kier molecular flexibility index (Phi) is 4.19. The molecule has 2 aromatic rings. The lowest BCUT2D eigenvalue weighted by atomic mass is 10.0. The molecule has 0 saturated carbocycles. The Labute approximate surface area is 114 Å². The van der Waals surface area contributed by atoms with E-state index in [1.54, 1.807) is 18.4 Å². The Morgan fingerprint density at radius 1 is 1.39 bits per heavy atom. The second-order valence-electron chi connectivity index (χ2n) is 4.25. The largest absolute Gasteiger partial charge is 0.467 e. The summed E-state index contributed by atoms with van der Waals surface area (Å²) in [5.41, 5.74) is 2.02. The van der Waals surface area contributed by atoms with Gasteiger partial charge in [0, 0.05) is 4.47 Å². The van der Waals surface area contributed by atoms with E-state index >= 15 is 0 Å². The van der Waals surface area contributed by atoms with Crippen molar-refractivity contribution in [3.8, 4) is 0 Å². The molecule has 1 atom stereocenters. The molecule has 0 fully saturated rings. The molecule has 0 aliphatic carbocycles. The zero-order chi connectivity index (χ0) is 13.1. The second kappa shape index (κ2) is 5.67. The van der Waals surface area contributed by atoms with Crippen LogP contribution in [0.4, 0.5) is 4.39 Å². The van der Waals surface area contributed by atoms with Gasteiger partial charge in [0.2, 0.25) is 0 Å². The van der Waals surface area contributed by atoms with Gasteiger partial charge in [0.1, 0.15) is 11.6 Å². The third-order valence-electron chi connectivity index (χ3n) is 3.00. The lowest BCUT2D eigenvalue weighted by molar-refractivity contribution is 0.426. The molecule has 0 aliphatic rings. The van der Waals surface area contributed by atoms with E-state index in [1.807, 2.05) is 20.0 Å². The summed E-state index contributed by atoms with van der Waals surface area (Å²) in [4.78, 5) is 0. The lowest BCUT2D eigenvalue weighted by Gasteiger charge is -2.16. The molecule has 0 spiro atoms. The Hall–Kier alpha value is -1.13. The molecule has 1 aromatic heterocycles. The zero-order valence-electron chi connectivity index (χ0n) is 10.3. The summed E-state index contributed by atoms with van der Waals surface area (Å²) in [5.74, 6) is 0.674. The summed E-state index contributed by atoms with van der Waals surface area (Å²) in [5, 5.41) is 3.20. The van der Waals surface area contributed by atoms with Crippen molar-refractivity contribution in [1.82, 2.24) is 5.32 Å². The van der Waals surface area contributed by atoms with Gasteiger partial charge in [0.05, 0.1) is 12.3 Å². The smallest absolute Gasteiger partial charge is 0.123 e. The number of furan rings is 1. The van der Waals surface area contributed by atoms with E-state index in [9.17, 15) is 4.39 Å². The van der Waals surface area contributed by atoms with Gasteiger partial charge >= 0.3 is 0 Å². The zero-order valence-corrected chi connectivity index (χ0v) is 11.9. The average molecular weight is 312 g/mol. The van der Waals surface area contributed by atoms with E-state index in [1.165, 1.54) is 6.07 Å². The number of likely N-dealkylation sites (N-methyl/N-ethyl adjacent to an activating group) is 1. The molecule has 1 aromatic carbocycles. The van der Waals surface area contributed by atoms with Crippen LogP contribution in [-0.2, 0) is 6.42 Å². The van der Waals surface area contributed by atoms with Gasteiger partial charge in [-0.3, -0.25) is 0 Å². The van der Waals surface area contributed by atoms with E-state index in [0.717, 1.165) is 21.4 Å². The molecular formula is C14H15BrFNO. The first-order valence-corrected chi connectivity index (χ1v) is 6.56. The minimum absolute atomic E-state index is 0.0399. The van der Waals surface area contributed by atoms with Crippen LogP contribution in [0.1, 0.15) is 22.9 Å². The molecule has 2 nitrogen and oxygen atoms in total. The van der Waals surface area contributed by atoms with Crippen LogP contribution < -0.4 is 5.32 Å². The van der Waals surface area contributed by atoms with Crippen LogP contribution in [0.15, 0.2) is 39.4 Å². The van der Waals surface area contributed by atoms with Crippen LogP contribution in [0, 0.1) is 12.7 Å². The molecule has 0 radical (unpaired) electrons. The highest BCUT2D eigenvalue weighted by Crippen LogP contribution is 2.26. The fourth-order valence-corrected chi connectivity index (χ4v) is 2.40. The Balaban J connectivity index is 2.26. The highest BCUT2D eigenvalue weighted by molar-refractivity contribution is 9.10. The van der Waals surface area contributed by atoms with Crippen LogP contribution in [-0.4, -0.2) is 7.05 Å². The molecule has 0 amide bonds. The highest BCUT2D eigenvalue weighted by atomic mass is 79.9. The quantitative estimate of drug-likeness (QED) is 0.923. The van der Waals surface area contributed by atoms with E-state index in [4.69, 9.17) is 4.42 Å². The van der Waals surface area contributed by atoms with Gasteiger partial charge in [-0.05, 0) is 55.8 Å². The van der Waals surface area contributed by atoms with E-state index in [-0.39, 0.29) is 11.9 Å². The van der Waals surface area contributed by atoms with Crippen molar-refractivity contribution in [3.05, 3.63) is 57.7 Å². The van der Waals surface area contributed by atoms with Gasteiger partial charge in [0.25, 0.3) is 0 Å². The van der Waals surface area contributed by atoms with Crippen molar-refractivity contribution in [2.75, 3.05) is 7.05 Å². The standard InChI is InChI=1S/C14H15BrFNO/c1-9-5-6-18-14(9)13(17-2)8-10-7-11(16)3-4-12(10)15/h3-7,13,17H,8H2,1-2H3. The topological polar surface area (TPSA) is 25.2 Å². The van der Waals surface area contributed by atoms with Crippen molar-refractivity contribution in [2.45, 2.75) is 19.4 Å². The molecule has 0 aliphatic heterocycles. The fraction of sp³-hybridized carbons (Fsp3) is 0.286.